The Morgan fingerprint density at radius 1 is 1.57 bits per heavy atom. The van der Waals surface area contributed by atoms with Crippen LogP contribution in [0.3, 0.4) is 0 Å². The summed E-state index contributed by atoms with van der Waals surface area (Å²) in [5.41, 5.74) is 6.84. The van der Waals surface area contributed by atoms with E-state index in [2.05, 4.69) is 9.97 Å². The summed E-state index contributed by atoms with van der Waals surface area (Å²) in [7, 11) is 0. The smallest absolute Gasteiger partial charge is 0.268 e. The molecule has 0 radical (unpaired) electrons. The van der Waals surface area contributed by atoms with Crippen molar-refractivity contribution in [3.05, 3.63) is 46.6 Å². The predicted octanol–water partition coefficient (Wildman–Crippen LogP) is -0.0209. The zero-order valence-corrected chi connectivity index (χ0v) is 12.4. The molecule has 0 aromatic carbocycles. The molecule has 1 saturated heterocycles. The molecule has 0 bridgehead atoms. The van der Waals surface area contributed by atoms with Crippen LogP contribution in [-0.2, 0) is 0 Å². The van der Waals surface area contributed by atoms with E-state index in [0.29, 0.717) is 29.8 Å². The van der Waals surface area contributed by atoms with Gasteiger partial charge < -0.3 is 20.6 Å². The molecule has 0 spiro atoms. The van der Waals surface area contributed by atoms with E-state index in [1.165, 1.54) is 6.20 Å². The van der Waals surface area contributed by atoms with Crippen molar-refractivity contribution in [1.82, 2.24) is 15.0 Å². The number of fused-ring (bicyclic) bond motifs is 1. The highest BCUT2D eigenvalue weighted by Gasteiger charge is 2.29. The summed E-state index contributed by atoms with van der Waals surface area (Å²) in [6.07, 6.45) is 5.43. The quantitative estimate of drug-likeness (QED) is 0.536. The first-order chi connectivity index (χ1) is 11.2. The number of nitrogens with zero attached hydrogens (tertiary/aromatic N) is 4. The Morgan fingerprint density at radius 2 is 2.39 bits per heavy atom. The monoisotopic (exact) mass is 311 g/mol. The van der Waals surface area contributed by atoms with Gasteiger partial charge in [-0.25, -0.2) is 5.84 Å². The van der Waals surface area contributed by atoms with Gasteiger partial charge in [0.15, 0.2) is 0 Å². The van der Waals surface area contributed by atoms with Gasteiger partial charge in [-0.15, -0.1) is 0 Å². The lowest BCUT2D eigenvalue weighted by Crippen LogP contribution is -2.39. The van der Waals surface area contributed by atoms with Crippen molar-refractivity contribution in [3.63, 3.8) is 0 Å². The number of nitrogens with one attached hydrogen (secondary N) is 1. The second kappa shape index (κ2) is 5.98. The minimum Gasteiger partial charge on any atom is -0.403 e. The van der Waals surface area contributed by atoms with Crippen LogP contribution in [0.15, 0.2) is 35.5 Å². The van der Waals surface area contributed by atoms with Crippen LogP contribution in [0.25, 0.3) is 11.0 Å². The van der Waals surface area contributed by atoms with E-state index in [9.17, 15) is 10.1 Å². The van der Waals surface area contributed by atoms with Gasteiger partial charge in [0, 0.05) is 31.7 Å². The molecule has 1 aliphatic heterocycles. The van der Waals surface area contributed by atoms with Crippen LogP contribution in [-0.4, -0.2) is 34.1 Å². The SMILES string of the molecule is N#Cc1c(N2CCC(N(N)/C=C\N)C2)c2ncccc2[nH]c1=O. The summed E-state index contributed by atoms with van der Waals surface area (Å²) in [6, 6.07) is 5.57. The van der Waals surface area contributed by atoms with Crippen LogP contribution in [0.4, 0.5) is 5.69 Å². The van der Waals surface area contributed by atoms with E-state index in [1.54, 1.807) is 29.5 Å². The number of aromatic nitrogens is 2. The van der Waals surface area contributed by atoms with Crippen LogP contribution in [0.1, 0.15) is 12.0 Å². The molecular weight excluding hydrogens is 294 g/mol. The second-order valence-corrected chi connectivity index (χ2v) is 5.37. The molecular formula is C15H17N7O. The fourth-order valence-electron chi connectivity index (χ4n) is 2.93. The maximum absolute atomic E-state index is 12.2. The second-order valence-electron chi connectivity index (χ2n) is 5.37. The summed E-state index contributed by atoms with van der Waals surface area (Å²) < 4.78 is 0. The third-order valence-electron chi connectivity index (χ3n) is 4.02. The molecule has 1 atom stereocenters. The van der Waals surface area contributed by atoms with Crippen LogP contribution in [0.5, 0.6) is 0 Å². The van der Waals surface area contributed by atoms with E-state index in [-0.39, 0.29) is 11.6 Å². The first-order valence-electron chi connectivity index (χ1n) is 7.23. The molecule has 8 nitrogen and oxygen atoms in total. The molecule has 0 amide bonds. The van der Waals surface area contributed by atoms with Crippen molar-refractivity contribution in [2.45, 2.75) is 12.5 Å². The molecule has 118 valence electrons. The van der Waals surface area contributed by atoms with Crippen molar-refractivity contribution >= 4 is 16.7 Å². The number of pyridine rings is 2. The van der Waals surface area contributed by atoms with Gasteiger partial charge in [0.05, 0.1) is 17.2 Å². The van der Waals surface area contributed by atoms with Crippen molar-refractivity contribution in [2.75, 3.05) is 18.0 Å². The predicted molar refractivity (Wildman–Crippen MR) is 87.1 cm³/mol. The number of hydrogen-bond acceptors (Lipinski definition) is 7. The highest BCUT2D eigenvalue weighted by Crippen LogP contribution is 2.29. The molecule has 3 heterocycles. The van der Waals surface area contributed by atoms with Crippen LogP contribution in [0.2, 0.25) is 0 Å². The highest BCUT2D eigenvalue weighted by atomic mass is 16.1. The van der Waals surface area contributed by atoms with Crippen molar-refractivity contribution in [3.8, 4) is 6.07 Å². The van der Waals surface area contributed by atoms with E-state index < -0.39 is 5.56 Å². The zero-order chi connectivity index (χ0) is 16.4. The molecule has 1 aliphatic rings. The standard InChI is InChI=1S/C15H17N7O/c16-4-7-22(18)10-3-6-21(9-10)14-11(8-17)15(23)20-12-2-1-5-19-13(12)14/h1-2,4-5,7,10H,3,6,9,16,18H2,(H,20,23)/b7-4-. The lowest BCUT2D eigenvalue weighted by molar-refractivity contribution is 0.303. The summed E-state index contributed by atoms with van der Waals surface area (Å²) in [4.78, 5) is 21.2. The van der Waals surface area contributed by atoms with Crippen molar-refractivity contribution in [2.24, 2.45) is 11.6 Å². The third-order valence-corrected chi connectivity index (χ3v) is 4.02. The van der Waals surface area contributed by atoms with E-state index in [1.807, 2.05) is 11.0 Å². The zero-order valence-electron chi connectivity index (χ0n) is 12.4. The molecule has 5 N–H and O–H groups in total. The van der Waals surface area contributed by atoms with Crippen LogP contribution < -0.4 is 22.0 Å². The number of nitrogens with two attached hydrogens (primary N) is 2. The maximum atomic E-state index is 12.2. The van der Waals surface area contributed by atoms with Crippen molar-refractivity contribution < 1.29 is 0 Å². The van der Waals surface area contributed by atoms with E-state index in [4.69, 9.17) is 11.6 Å². The van der Waals surface area contributed by atoms with Gasteiger partial charge in [-0.3, -0.25) is 9.78 Å². The van der Waals surface area contributed by atoms with E-state index in [0.717, 1.165) is 6.42 Å². The largest absolute Gasteiger partial charge is 0.403 e. The third kappa shape index (κ3) is 2.58. The summed E-state index contributed by atoms with van der Waals surface area (Å²) in [5, 5.41) is 10.9. The number of hydrazine groups is 1. The molecule has 8 heteroatoms. The minimum absolute atomic E-state index is 0.0550. The number of aromatic amines is 1. The molecule has 0 saturated carbocycles. The fraction of sp³-hybridized carbons (Fsp3) is 0.267. The topological polar surface area (TPSA) is 128 Å². The Bertz CT molecular complexity index is 851. The summed E-state index contributed by atoms with van der Waals surface area (Å²) in [6.45, 7) is 1.27. The minimum atomic E-state index is -0.405. The molecule has 1 unspecified atom stereocenters. The molecule has 2 aromatic rings. The van der Waals surface area contributed by atoms with Crippen molar-refractivity contribution in [1.29, 1.82) is 5.26 Å². The van der Waals surface area contributed by atoms with Crippen LogP contribution >= 0.6 is 0 Å². The first kappa shape index (κ1) is 14.9. The lowest BCUT2D eigenvalue weighted by atomic mass is 10.1. The van der Waals surface area contributed by atoms with Gasteiger partial charge in [-0.1, -0.05) is 0 Å². The van der Waals surface area contributed by atoms with Crippen LogP contribution in [0, 0.1) is 11.3 Å². The summed E-state index contributed by atoms with van der Waals surface area (Å²) in [5.74, 6) is 5.93. The molecule has 0 aliphatic carbocycles. The molecule has 3 rings (SSSR count). The van der Waals surface area contributed by atoms with Gasteiger partial charge >= 0.3 is 0 Å². The number of nitriles is 1. The normalized spacial score (nSPS) is 17.7. The number of anilines is 1. The fourth-order valence-corrected chi connectivity index (χ4v) is 2.93. The number of H-pyrrole nitrogens is 1. The molecule has 1 fully saturated rings. The van der Waals surface area contributed by atoms with Gasteiger partial charge in [0.25, 0.3) is 5.56 Å². The Balaban J connectivity index is 2.07. The molecule has 23 heavy (non-hydrogen) atoms. The van der Waals surface area contributed by atoms with E-state index >= 15 is 0 Å². The molecule has 2 aromatic heterocycles. The van der Waals surface area contributed by atoms with Gasteiger partial charge in [-0.2, -0.15) is 5.26 Å². The first-order valence-corrected chi connectivity index (χ1v) is 7.23. The summed E-state index contributed by atoms with van der Waals surface area (Å²) >= 11 is 0. The Kier molecular flexibility index (Phi) is 3.87. The van der Waals surface area contributed by atoms with Gasteiger partial charge in [-0.05, 0) is 18.6 Å². The Hall–Kier alpha value is -3.05. The highest BCUT2D eigenvalue weighted by molar-refractivity contribution is 5.91. The Morgan fingerprint density at radius 3 is 3.13 bits per heavy atom. The number of rotatable bonds is 3. The number of hydrogen-bond donors (Lipinski definition) is 3. The lowest BCUT2D eigenvalue weighted by Gasteiger charge is -2.24. The average Bonchev–Trinajstić information content (AvgIpc) is 3.03. The maximum Gasteiger partial charge on any atom is 0.268 e. The van der Waals surface area contributed by atoms with Gasteiger partial charge in [0.2, 0.25) is 0 Å². The Labute approximate surface area is 132 Å². The average molecular weight is 311 g/mol. The van der Waals surface area contributed by atoms with Gasteiger partial charge in [0.1, 0.15) is 17.1 Å².